The normalized spacial score (nSPS) is 11.6. The SMILES string of the molecule is CSc1ccc(C(=O)O[C@H](C)C(=O)NCCc2ccccc2)cc1. The molecule has 0 aliphatic carbocycles. The van der Waals surface area contributed by atoms with Gasteiger partial charge in [0.1, 0.15) is 0 Å². The molecule has 2 rings (SSSR count). The monoisotopic (exact) mass is 343 g/mol. The Morgan fingerprint density at radius 2 is 1.75 bits per heavy atom. The van der Waals surface area contributed by atoms with Crippen molar-refractivity contribution in [3.05, 3.63) is 65.7 Å². The summed E-state index contributed by atoms with van der Waals surface area (Å²) in [5, 5.41) is 2.79. The first-order chi connectivity index (χ1) is 11.6. The van der Waals surface area contributed by atoms with Crippen LogP contribution in [0.3, 0.4) is 0 Å². The van der Waals surface area contributed by atoms with Crippen LogP contribution in [0.5, 0.6) is 0 Å². The number of thioether (sulfide) groups is 1. The van der Waals surface area contributed by atoms with Gasteiger partial charge < -0.3 is 10.1 Å². The molecule has 2 aromatic carbocycles. The third-order valence-electron chi connectivity index (χ3n) is 3.53. The summed E-state index contributed by atoms with van der Waals surface area (Å²) in [6, 6.07) is 17.0. The van der Waals surface area contributed by atoms with E-state index in [4.69, 9.17) is 4.74 Å². The van der Waals surface area contributed by atoms with E-state index in [0.717, 1.165) is 16.9 Å². The Hall–Kier alpha value is -2.27. The Labute approximate surface area is 146 Å². The van der Waals surface area contributed by atoms with Crippen molar-refractivity contribution in [2.24, 2.45) is 0 Å². The molecule has 0 aliphatic rings. The van der Waals surface area contributed by atoms with Gasteiger partial charge in [0.15, 0.2) is 6.10 Å². The van der Waals surface area contributed by atoms with Gasteiger partial charge >= 0.3 is 5.97 Å². The van der Waals surface area contributed by atoms with Crippen molar-refractivity contribution >= 4 is 23.6 Å². The van der Waals surface area contributed by atoms with Crippen LogP contribution in [-0.2, 0) is 16.0 Å². The van der Waals surface area contributed by atoms with Gasteiger partial charge in [-0.3, -0.25) is 4.79 Å². The number of ether oxygens (including phenoxy) is 1. The first kappa shape index (κ1) is 18.1. The molecule has 1 atom stereocenters. The highest BCUT2D eigenvalue weighted by Crippen LogP contribution is 2.15. The number of hydrogen-bond acceptors (Lipinski definition) is 4. The number of esters is 1. The van der Waals surface area contributed by atoms with E-state index in [1.807, 2.05) is 48.7 Å². The number of rotatable bonds is 7. The van der Waals surface area contributed by atoms with Crippen molar-refractivity contribution in [3.8, 4) is 0 Å². The average Bonchev–Trinajstić information content (AvgIpc) is 2.62. The molecule has 0 saturated carbocycles. The minimum atomic E-state index is -0.825. The molecule has 0 radical (unpaired) electrons. The molecule has 126 valence electrons. The van der Waals surface area contributed by atoms with Gasteiger partial charge in [0.2, 0.25) is 0 Å². The van der Waals surface area contributed by atoms with Gasteiger partial charge in [-0.1, -0.05) is 30.3 Å². The van der Waals surface area contributed by atoms with Crippen LogP contribution in [0.15, 0.2) is 59.5 Å². The van der Waals surface area contributed by atoms with E-state index in [0.29, 0.717) is 12.1 Å². The van der Waals surface area contributed by atoms with Crippen molar-refractivity contribution in [3.63, 3.8) is 0 Å². The van der Waals surface area contributed by atoms with Crippen LogP contribution in [0.1, 0.15) is 22.8 Å². The summed E-state index contributed by atoms with van der Waals surface area (Å²) >= 11 is 1.60. The van der Waals surface area contributed by atoms with Crippen LogP contribution in [-0.4, -0.2) is 30.8 Å². The summed E-state index contributed by atoms with van der Waals surface area (Å²) in [6.07, 6.45) is 1.88. The molecular weight excluding hydrogens is 322 g/mol. The smallest absolute Gasteiger partial charge is 0.338 e. The van der Waals surface area contributed by atoms with Crippen molar-refractivity contribution in [1.29, 1.82) is 0 Å². The molecule has 0 heterocycles. The van der Waals surface area contributed by atoms with E-state index in [-0.39, 0.29) is 5.91 Å². The van der Waals surface area contributed by atoms with Crippen molar-refractivity contribution in [1.82, 2.24) is 5.32 Å². The van der Waals surface area contributed by atoms with E-state index in [9.17, 15) is 9.59 Å². The summed E-state index contributed by atoms with van der Waals surface area (Å²) in [6.45, 7) is 2.08. The number of amides is 1. The molecule has 1 N–H and O–H groups in total. The topological polar surface area (TPSA) is 55.4 Å². The Morgan fingerprint density at radius 3 is 2.38 bits per heavy atom. The van der Waals surface area contributed by atoms with Gasteiger partial charge in [0.05, 0.1) is 5.56 Å². The van der Waals surface area contributed by atoms with Gasteiger partial charge in [0.25, 0.3) is 5.91 Å². The lowest BCUT2D eigenvalue weighted by Crippen LogP contribution is -2.36. The summed E-state index contributed by atoms with van der Waals surface area (Å²) in [7, 11) is 0. The summed E-state index contributed by atoms with van der Waals surface area (Å²) < 4.78 is 5.22. The summed E-state index contributed by atoms with van der Waals surface area (Å²) in [4.78, 5) is 25.1. The Balaban J connectivity index is 1.78. The molecule has 0 aliphatic heterocycles. The van der Waals surface area contributed by atoms with Crippen molar-refractivity contribution < 1.29 is 14.3 Å². The maximum absolute atomic E-state index is 12.0. The fraction of sp³-hybridized carbons (Fsp3) is 0.263. The minimum Gasteiger partial charge on any atom is -0.449 e. The lowest BCUT2D eigenvalue weighted by Gasteiger charge is -2.13. The van der Waals surface area contributed by atoms with Crippen LogP contribution in [0.4, 0.5) is 0 Å². The molecule has 0 aromatic heterocycles. The van der Waals surface area contributed by atoms with Crippen molar-refractivity contribution in [2.75, 3.05) is 12.8 Å². The lowest BCUT2D eigenvalue weighted by atomic mass is 10.1. The second-order valence-electron chi connectivity index (χ2n) is 5.30. The Morgan fingerprint density at radius 1 is 1.08 bits per heavy atom. The quantitative estimate of drug-likeness (QED) is 0.619. The van der Waals surface area contributed by atoms with E-state index in [1.54, 1.807) is 30.8 Å². The molecule has 0 spiro atoms. The number of hydrogen-bond donors (Lipinski definition) is 1. The molecule has 5 heteroatoms. The van der Waals surface area contributed by atoms with Crippen LogP contribution in [0, 0.1) is 0 Å². The zero-order chi connectivity index (χ0) is 17.4. The van der Waals surface area contributed by atoms with Crippen LogP contribution in [0.2, 0.25) is 0 Å². The zero-order valence-corrected chi connectivity index (χ0v) is 14.6. The molecular formula is C19H21NO3S. The largest absolute Gasteiger partial charge is 0.449 e. The third kappa shape index (κ3) is 5.42. The van der Waals surface area contributed by atoms with Gasteiger partial charge in [-0.25, -0.2) is 4.79 Å². The molecule has 0 saturated heterocycles. The predicted molar refractivity (Wildman–Crippen MR) is 96.3 cm³/mol. The predicted octanol–water partition coefficient (Wildman–Crippen LogP) is 3.31. The molecule has 24 heavy (non-hydrogen) atoms. The summed E-state index contributed by atoms with van der Waals surface area (Å²) in [5.74, 6) is -0.784. The highest BCUT2D eigenvalue weighted by Gasteiger charge is 2.18. The maximum Gasteiger partial charge on any atom is 0.338 e. The highest BCUT2D eigenvalue weighted by molar-refractivity contribution is 7.98. The highest BCUT2D eigenvalue weighted by atomic mass is 32.2. The fourth-order valence-electron chi connectivity index (χ4n) is 2.13. The first-order valence-electron chi connectivity index (χ1n) is 7.77. The Bertz CT molecular complexity index is 671. The average molecular weight is 343 g/mol. The van der Waals surface area contributed by atoms with E-state index >= 15 is 0 Å². The Kier molecular flexibility index (Phi) is 6.88. The standard InChI is InChI=1S/C19H21NO3S/c1-14(18(21)20-13-12-15-6-4-3-5-7-15)23-19(22)16-8-10-17(24-2)11-9-16/h3-11,14H,12-13H2,1-2H3,(H,20,21)/t14-/m1/s1. The van der Waals surface area contributed by atoms with E-state index < -0.39 is 12.1 Å². The molecule has 0 fully saturated rings. The summed E-state index contributed by atoms with van der Waals surface area (Å²) in [5.41, 5.74) is 1.59. The maximum atomic E-state index is 12.0. The van der Waals surface area contributed by atoms with Crippen LogP contribution < -0.4 is 5.32 Å². The number of benzene rings is 2. The van der Waals surface area contributed by atoms with Gasteiger partial charge in [-0.05, 0) is 49.4 Å². The molecule has 0 bridgehead atoms. The third-order valence-corrected chi connectivity index (χ3v) is 4.28. The molecule has 4 nitrogen and oxygen atoms in total. The number of nitrogens with one attached hydrogen (secondary N) is 1. The zero-order valence-electron chi connectivity index (χ0n) is 13.8. The molecule has 2 aromatic rings. The van der Waals surface area contributed by atoms with Crippen LogP contribution >= 0.6 is 11.8 Å². The molecule has 0 unspecified atom stereocenters. The fourth-order valence-corrected chi connectivity index (χ4v) is 2.54. The van der Waals surface area contributed by atoms with Gasteiger partial charge in [0, 0.05) is 11.4 Å². The number of carbonyl (C=O) groups excluding carboxylic acids is 2. The second-order valence-corrected chi connectivity index (χ2v) is 6.18. The second kappa shape index (κ2) is 9.13. The van der Waals surface area contributed by atoms with Gasteiger partial charge in [-0.15, -0.1) is 11.8 Å². The van der Waals surface area contributed by atoms with E-state index in [1.165, 1.54) is 0 Å². The number of carbonyl (C=O) groups is 2. The minimum absolute atomic E-state index is 0.292. The van der Waals surface area contributed by atoms with Crippen LogP contribution in [0.25, 0.3) is 0 Å². The van der Waals surface area contributed by atoms with Gasteiger partial charge in [-0.2, -0.15) is 0 Å². The van der Waals surface area contributed by atoms with Crippen molar-refractivity contribution in [2.45, 2.75) is 24.3 Å². The first-order valence-corrected chi connectivity index (χ1v) is 8.99. The lowest BCUT2D eigenvalue weighted by molar-refractivity contribution is -0.129. The molecule has 1 amide bonds. The van der Waals surface area contributed by atoms with E-state index in [2.05, 4.69) is 5.32 Å².